The first-order valence-electron chi connectivity index (χ1n) is 5.39. The molecule has 1 aromatic rings. The molecule has 4 nitrogen and oxygen atoms in total. The van der Waals surface area contributed by atoms with Gasteiger partial charge in [0.2, 0.25) is 0 Å². The predicted molar refractivity (Wildman–Crippen MR) is 66.1 cm³/mol. The van der Waals surface area contributed by atoms with E-state index in [0.717, 1.165) is 5.56 Å². The van der Waals surface area contributed by atoms with Crippen LogP contribution < -0.4 is 5.73 Å². The van der Waals surface area contributed by atoms with Gasteiger partial charge in [-0.2, -0.15) is 0 Å². The van der Waals surface area contributed by atoms with Gasteiger partial charge in [-0.1, -0.05) is 0 Å². The van der Waals surface area contributed by atoms with Crippen LogP contribution in [0.1, 0.15) is 19.4 Å². The molecule has 0 aromatic carbocycles. The fraction of sp³-hybridized carbons (Fsp3) is 0.583. The van der Waals surface area contributed by atoms with E-state index >= 15 is 0 Å². The van der Waals surface area contributed by atoms with Crippen LogP contribution in [0.2, 0.25) is 0 Å². The number of pyridine rings is 1. The first-order chi connectivity index (χ1) is 7.35. The monoisotopic (exact) mass is 223 g/mol. The first kappa shape index (κ1) is 12.9. The summed E-state index contributed by atoms with van der Waals surface area (Å²) in [7, 11) is 3.91. The molecule has 1 unspecified atom stereocenters. The Hall–Kier alpha value is -1.13. The van der Waals surface area contributed by atoms with Gasteiger partial charge in [0.05, 0.1) is 6.10 Å². The van der Waals surface area contributed by atoms with Gasteiger partial charge < -0.3 is 15.7 Å². The molecule has 0 aliphatic rings. The second-order valence-corrected chi connectivity index (χ2v) is 4.84. The van der Waals surface area contributed by atoms with Crippen LogP contribution in [0, 0.1) is 0 Å². The van der Waals surface area contributed by atoms with E-state index in [1.165, 1.54) is 0 Å². The van der Waals surface area contributed by atoms with Crippen molar-refractivity contribution in [1.29, 1.82) is 0 Å². The molecule has 0 radical (unpaired) electrons. The number of hydrogen-bond donors (Lipinski definition) is 2. The molecule has 0 bridgehead atoms. The number of hydrogen-bond acceptors (Lipinski definition) is 4. The van der Waals surface area contributed by atoms with E-state index in [9.17, 15) is 5.11 Å². The van der Waals surface area contributed by atoms with Gasteiger partial charge in [0, 0.05) is 30.0 Å². The fourth-order valence-electron chi connectivity index (χ4n) is 1.36. The summed E-state index contributed by atoms with van der Waals surface area (Å²) in [6.07, 6.45) is 3.41. The molecule has 0 saturated carbocycles. The number of nitrogens with two attached hydrogens (primary N) is 1. The number of nitrogen functional groups attached to an aromatic ring is 1. The van der Waals surface area contributed by atoms with Crippen molar-refractivity contribution in [2.75, 3.05) is 19.8 Å². The number of aliphatic hydroxyl groups is 1. The van der Waals surface area contributed by atoms with Gasteiger partial charge in [-0.05, 0) is 39.6 Å². The topological polar surface area (TPSA) is 62.4 Å². The second kappa shape index (κ2) is 4.80. The van der Waals surface area contributed by atoms with E-state index < -0.39 is 6.10 Å². The highest BCUT2D eigenvalue weighted by molar-refractivity contribution is 5.44. The van der Waals surface area contributed by atoms with Gasteiger partial charge >= 0.3 is 0 Å². The minimum absolute atomic E-state index is 0.289. The number of likely N-dealkylation sites (N-methyl/N-ethyl adjacent to an activating group) is 1. The summed E-state index contributed by atoms with van der Waals surface area (Å²) in [5.41, 5.74) is 7.11. The van der Waals surface area contributed by atoms with Crippen LogP contribution in [0.5, 0.6) is 0 Å². The van der Waals surface area contributed by atoms with Crippen LogP contribution in [-0.2, 0) is 6.42 Å². The summed E-state index contributed by atoms with van der Waals surface area (Å²) in [6, 6.07) is 1.75. The molecule has 90 valence electrons. The molecule has 0 fully saturated rings. The maximum absolute atomic E-state index is 10.2. The zero-order chi connectivity index (χ0) is 12.3. The van der Waals surface area contributed by atoms with Crippen molar-refractivity contribution < 1.29 is 5.11 Å². The fourth-order valence-corrected chi connectivity index (χ4v) is 1.36. The molecule has 4 heteroatoms. The summed E-state index contributed by atoms with van der Waals surface area (Å²) in [6.45, 7) is 4.01. The molecular formula is C12H21N3O. The molecule has 0 saturated heterocycles. The van der Waals surface area contributed by atoms with Crippen molar-refractivity contribution in [3.63, 3.8) is 0 Å². The summed E-state index contributed by atoms with van der Waals surface area (Å²) in [4.78, 5) is 6.02. The molecule has 1 aromatic heterocycles. The lowest BCUT2D eigenvalue weighted by Gasteiger charge is -2.37. The average molecular weight is 223 g/mol. The van der Waals surface area contributed by atoms with Gasteiger partial charge in [0.1, 0.15) is 0 Å². The molecule has 1 heterocycles. The third kappa shape index (κ3) is 2.71. The zero-order valence-electron chi connectivity index (χ0n) is 10.4. The van der Waals surface area contributed by atoms with Crippen molar-refractivity contribution in [2.24, 2.45) is 0 Å². The normalized spacial score (nSPS) is 14.1. The maximum atomic E-state index is 10.2. The molecule has 0 amide bonds. The van der Waals surface area contributed by atoms with Crippen molar-refractivity contribution in [3.05, 3.63) is 24.0 Å². The predicted octanol–water partition coefficient (Wildman–Crippen LogP) is 0.907. The van der Waals surface area contributed by atoms with E-state index in [-0.39, 0.29) is 5.54 Å². The molecule has 16 heavy (non-hydrogen) atoms. The zero-order valence-corrected chi connectivity index (χ0v) is 10.4. The van der Waals surface area contributed by atoms with E-state index in [0.29, 0.717) is 12.1 Å². The first-order valence-corrected chi connectivity index (χ1v) is 5.39. The number of rotatable bonds is 4. The molecule has 1 atom stereocenters. The molecule has 0 spiro atoms. The Labute approximate surface area is 97.1 Å². The van der Waals surface area contributed by atoms with E-state index in [1.807, 2.05) is 32.8 Å². The number of aromatic nitrogens is 1. The maximum Gasteiger partial charge on any atom is 0.0759 e. The van der Waals surface area contributed by atoms with Gasteiger partial charge in [-0.15, -0.1) is 0 Å². The Morgan fingerprint density at radius 1 is 1.50 bits per heavy atom. The number of nitrogens with zero attached hydrogens (tertiary/aromatic N) is 2. The van der Waals surface area contributed by atoms with Crippen molar-refractivity contribution in [1.82, 2.24) is 9.88 Å². The lowest BCUT2D eigenvalue weighted by molar-refractivity contribution is 0.0183. The van der Waals surface area contributed by atoms with E-state index in [4.69, 9.17) is 5.73 Å². The highest BCUT2D eigenvalue weighted by Crippen LogP contribution is 2.21. The standard InChI is InChI=1S/C12H21N3O/c1-12(2,15(3)4)11(16)7-9-8-14-6-5-10(9)13/h5-6,8,11,16H,7H2,1-4H3,(H2,13,14). The second-order valence-electron chi connectivity index (χ2n) is 4.84. The molecule has 0 aliphatic carbocycles. The quantitative estimate of drug-likeness (QED) is 0.796. The Kier molecular flexibility index (Phi) is 3.88. The smallest absolute Gasteiger partial charge is 0.0759 e. The highest BCUT2D eigenvalue weighted by Gasteiger charge is 2.30. The Bertz CT molecular complexity index is 350. The summed E-state index contributed by atoms with van der Waals surface area (Å²) in [5.74, 6) is 0. The minimum Gasteiger partial charge on any atom is -0.398 e. The van der Waals surface area contributed by atoms with E-state index in [1.54, 1.807) is 18.5 Å². The summed E-state index contributed by atoms with van der Waals surface area (Å²) < 4.78 is 0. The van der Waals surface area contributed by atoms with Crippen LogP contribution in [0.25, 0.3) is 0 Å². The Morgan fingerprint density at radius 2 is 2.12 bits per heavy atom. The third-order valence-electron chi connectivity index (χ3n) is 3.32. The van der Waals surface area contributed by atoms with E-state index in [2.05, 4.69) is 4.98 Å². The molecule has 1 rings (SSSR count). The highest BCUT2D eigenvalue weighted by atomic mass is 16.3. The summed E-state index contributed by atoms with van der Waals surface area (Å²) >= 11 is 0. The summed E-state index contributed by atoms with van der Waals surface area (Å²) in [5, 5.41) is 10.2. The molecule has 3 N–H and O–H groups in total. The SMILES string of the molecule is CN(C)C(C)(C)C(O)Cc1cnccc1N. The third-order valence-corrected chi connectivity index (χ3v) is 3.32. The lowest BCUT2D eigenvalue weighted by Crippen LogP contribution is -2.49. The van der Waals surface area contributed by atoms with Gasteiger partial charge in [-0.3, -0.25) is 4.98 Å². The van der Waals surface area contributed by atoms with Crippen LogP contribution in [0.15, 0.2) is 18.5 Å². The van der Waals surface area contributed by atoms with Crippen molar-refractivity contribution in [2.45, 2.75) is 31.9 Å². The van der Waals surface area contributed by atoms with Crippen LogP contribution >= 0.6 is 0 Å². The molecular weight excluding hydrogens is 202 g/mol. The van der Waals surface area contributed by atoms with Crippen LogP contribution in [0.3, 0.4) is 0 Å². The largest absolute Gasteiger partial charge is 0.398 e. The van der Waals surface area contributed by atoms with Gasteiger partial charge in [0.25, 0.3) is 0 Å². The Balaban J connectivity index is 2.79. The van der Waals surface area contributed by atoms with Crippen molar-refractivity contribution in [3.8, 4) is 0 Å². The van der Waals surface area contributed by atoms with Gasteiger partial charge in [-0.25, -0.2) is 0 Å². The van der Waals surface area contributed by atoms with Crippen LogP contribution in [0.4, 0.5) is 5.69 Å². The Morgan fingerprint density at radius 3 is 2.62 bits per heavy atom. The molecule has 0 aliphatic heterocycles. The average Bonchev–Trinajstić information content (AvgIpc) is 2.21. The number of anilines is 1. The van der Waals surface area contributed by atoms with Crippen molar-refractivity contribution >= 4 is 5.69 Å². The lowest BCUT2D eigenvalue weighted by atomic mass is 9.91. The van der Waals surface area contributed by atoms with Gasteiger partial charge in [0.15, 0.2) is 0 Å². The minimum atomic E-state index is -0.478. The van der Waals surface area contributed by atoms with Crippen LogP contribution in [-0.4, -0.2) is 40.7 Å². The number of aliphatic hydroxyl groups excluding tert-OH is 1.